The molecule has 6 heteroatoms. The molecule has 0 spiro atoms. The highest BCUT2D eigenvalue weighted by Crippen LogP contribution is 2.43. The van der Waals surface area contributed by atoms with Gasteiger partial charge in [0.2, 0.25) is 0 Å². The number of halogens is 1. The molecule has 2 aromatic carbocycles. The minimum Gasteiger partial charge on any atom is -0.351 e. The first kappa shape index (κ1) is 20.9. The number of nitrogens with one attached hydrogen (secondary N) is 1. The van der Waals surface area contributed by atoms with Crippen LogP contribution in [0.2, 0.25) is 0 Å². The van der Waals surface area contributed by atoms with Gasteiger partial charge in [-0.05, 0) is 80.2 Å². The number of aryl methyl sites for hydroxylation is 1. The van der Waals surface area contributed by atoms with E-state index in [2.05, 4.69) is 92.0 Å². The molecular formula is C26H23BrN4S. The van der Waals surface area contributed by atoms with Gasteiger partial charge in [0.25, 0.3) is 0 Å². The Bertz CT molecular complexity index is 1270. The molecule has 0 radical (unpaired) electrons. The van der Waals surface area contributed by atoms with Gasteiger partial charge in [-0.2, -0.15) is 0 Å². The molecule has 1 aliphatic rings. The number of benzene rings is 2. The van der Waals surface area contributed by atoms with Crippen LogP contribution in [0.25, 0.3) is 5.69 Å². The topological polar surface area (TPSA) is 33.1 Å². The zero-order chi connectivity index (χ0) is 22.2. The molecule has 2 aromatic heterocycles. The van der Waals surface area contributed by atoms with Crippen LogP contribution in [0, 0.1) is 13.8 Å². The zero-order valence-corrected chi connectivity index (χ0v) is 20.3. The van der Waals surface area contributed by atoms with E-state index < -0.39 is 0 Å². The Morgan fingerprint density at radius 2 is 1.66 bits per heavy atom. The van der Waals surface area contributed by atoms with Crippen LogP contribution in [0.1, 0.15) is 34.7 Å². The molecule has 2 atom stereocenters. The van der Waals surface area contributed by atoms with E-state index in [1.807, 2.05) is 42.6 Å². The number of thiocarbonyl (C=S) groups is 1. The molecule has 32 heavy (non-hydrogen) atoms. The predicted molar refractivity (Wildman–Crippen MR) is 137 cm³/mol. The first-order valence-electron chi connectivity index (χ1n) is 10.5. The van der Waals surface area contributed by atoms with Crippen LogP contribution >= 0.6 is 28.1 Å². The van der Waals surface area contributed by atoms with Gasteiger partial charge in [0.05, 0.1) is 17.8 Å². The average Bonchev–Trinajstić information content (AvgIpc) is 3.30. The van der Waals surface area contributed by atoms with Gasteiger partial charge < -0.3 is 14.8 Å². The monoisotopic (exact) mass is 502 g/mol. The maximum Gasteiger partial charge on any atom is 0.174 e. The number of rotatable bonds is 4. The van der Waals surface area contributed by atoms with Crippen molar-refractivity contribution in [3.8, 4) is 5.69 Å². The molecule has 1 fully saturated rings. The first-order valence-corrected chi connectivity index (χ1v) is 11.7. The first-order chi connectivity index (χ1) is 15.5. The van der Waals surface area contributed by atoms with Crippen molar-refractivity contribution in [1.29, 1.82) is 0 Å². The number of pyridine rings is 1. The largest absolute Gasteiger partial charge is 0.351 e. The third-order valence-electron chi connectivity index (χ3n) is 5.99. The van der Waals surface area contributed by atoms with E-state index in [1.165, 1.54) is 17.0 Å². The quantitative estimate of drug-likeness (QED) is 0.326. The summed E-state index contributed by atoms with van der Waals surface area (Å²) in [5, 5.41) is 4.26. The summed E-state index contributed by atoms with van der Waals surface area (Å²) in [5.41, 5.74) is 6.79. The minimum atomic E-state index is -0.0552. The lowest BCUT2D eigenvalue weighted by Gasteiger charge is -2.28. The number of anilines is 1. The Morgan fingerprint density at radius 1 is 0.906 bits per heavy atom. The summed E-state index contributed by atoms with van der Waals surface area (Å²) in [6.07, 6.45) is 1.84. The van der Waals surface area contributed by atoms with Crippen LogP contribution in [0.5, 0.6) is 0 Å². The summed E-state index contributed by atoms with van der Waals surface area (Å²) in [4.78, 5) is 6.89. The summed E-state index contributed by atoms with van der Waals surface area (Å²) in [7, 11) is 0. The molecule has 1 saturated heterocycles. The Balaban J connectivity index is 1.68. The van der Waals surface area contributed by atoms with E-state index in [1.54, 1.807) is 0 Å². The van der Waals surface area contributed by atoms with E-state index in [-0.39, 0.29) is 12.1 Å². The fourth-order valence-electron chi connectivity index (χ4n) is 4.64. The minimum absolute atomic E-state index is 0.0214. The third kappa shape index (κ3) is 3.63. The predicted octanol–water partition coefficient (Wildman–Crippen LogP) is 6.43. The molecule has 1 aliphatic heterocycles. The van der Waals surface area contributed by atoms with E-state index in [9.17, 15) is 0 Å². The molecule has 160 valence electrons. The van der Waals surface area contributed by atoms with Crippen molar-refractivity contribution in [3.05, 3.63) is 112 Å². The number of hydrogen-bond donors (Lipinski definition) is 1. The molecule has 5 rings (SSSR count). The zero-order valence-electron chi connectivity index (χ0n) is 17.9. The molecule has 1 N–H and O–H groups in total. The van der Waals surface area contributed by atoms with Gasteiger partial charge in [0.1, 0.15) is 0 Å². The molecule has 3 heterocycles. The molecule has 0 amide bonds. The summed E-state index contributed by atoms with van der Waals surface area (Å²) < 4.78 is 3.37. The molecule has 4 aromatic rings. The molecule has 0 saturated carbocycles. The second kappa shape index (κ2) is 8.52. The lowest BCUT2D eigenvalue weighted by Crippen LogP contribution is -2.29. The fourth-order valence-corrected chi connectivity index (χ4v) is 5.37. The smallest absolute Gasteiger partial charge is 0.174 e. The van der Waals surface area contributed by atoms with Gasteiger partial charge in [0, 0.05) is 33.4 Å². The van der Waals surface area contributed by atoms with E-state index in [0.29, 0.717) is 5.11 Å². The lowest BCUT2D eigenvalue weighted by atomic mass is 9.96. The van der Waals surface area contributed by atoms with Gasteiger partial charge in [-0.1, -0.05) is 46.3 Å². The normalized spacial score (nSPS) is 18.1. The van der Waals surface area contributed by atoms with E-state index in [0.717, 1.165) is 21.5 Å². The van der Waals surface area contributed by atoms with Crippen LogP contribution in [-0.4, -0.2) is 14.7 Å². The van der Waals surface area contributed by atoms with E-state index in [4.69, 9.17) is 12.2 Å². The van der Waals surface area contributed by atoms with Crippen molar-refractivity contribution in [3.63, 3.8) is 0 Å². The lowest BCUT2D eigenvalue weighted by molar-refractivity contribution is 0.565. The Morgan fingerprint density at radius 3 is 2.38 bits per heavy atom. The maximum atomic E-state index is 5.84. The van der Waals surface area contributed by atoms with Gasteiger partial charge in [-0.3, -0.25) is 4.98 Å². The van der Waals surface area contributed by atoms with Gasteiger partial charge in [0.15, 0.2) is 5.11 Å². The maximum absolute atomic E-state index is 5.84. The Labute approximate surface area is 202 Å². The van der Waals surface area contributed by atoms with Crippen molar-refractivity contribution < 1.29 is 0 Å². The second-order valence-electron chi connectivity index (χ2n) is 7.97. The number of hydrogen-bond acceptors (Lipinski definition) is 2. The van der Waals surface area contributed by atoms with Crippen molar-refractivity contribution in [1.82, 2.24) is 14.9 Å². The highest BCUT2D eigenvalue weighted by Gasteiger charge is 2.42. The highest BCUT2D eigenvalue weighted by atomic mass is 79.9. The molecule has 0 unspecified atom stereocenters. The van der Waals surface area contributed by atoms with Crippen molar-refractivity contribution in [2.75, 3.05) is 4.90 Å². The molecule has 0 bridgehead atoms. The molecular weight excluding hydrogens is 480 g/mol. The fraction of sp³-hybridized carbons (Fsp3) is 0.154. The van der Waals surface area contributed by atoms with Crippen molar-refractivity contribution in [2.24, 2.45) is 0 Å². The third-order valence-corrected chi connectivity index (χ3v) is 6.80. The van der Waals surface area contributed by atoms with Crippen LogP contribution in [0.4, 0.5) is 5.69 Å². The standard InChI is InChI=1S/C26H23BrN4S/c1-17-15-22(18(2)30(17)21-12-8-9-19(27)16-21)25-24(23-13-6-7-14-28-23)29-26(32)31(25)20-10-4-3-5-11-20/h3-16,24-25H,1-2H3,(H,29,32)/t24-,25-/m1/s1. The van der Waals surface area contributed by atoms with Crippen molar-refractivity contribution in [2.45, 2.75) is 25.9 Å². The van der Waals surface area contributed by atoms with Crippen LogP contribution < -0.4 is 10.2 Å². The summed E-state index contributed by atoms with van der Waals surface area (Å²) in [5.74, 6) is 0. The van der Waals surface area contributed by atoms with Gasteiger partial charge in [-0.15, -0.1) is 0 Å². The van der Waals surface area contributed by atoms with Gasteiger partial charge in [-0.25, -0.2) is 0 Å². The van der Waals surface area contributed by atoms with Crippen LogP contribution in [-0.2, 0) is 0 Å². The summed E-state index contributed by atoms with van der Waals surface area (Å²) >= 11 is 9.46. The van der Waals surface area contributed by atoms with Gasteiger partial charge >= 0.3 is 0 Å². The summed E-state index contributed by atoms with van der Waals surface area (Å²) in [6.45, 7) is 4.34. The second-order valence-corrected chi connectivity index (χ2v) is 9.28. The molecule has 4 nitrogen and oxygen atoms in total. The Hall–Kier alpha value is -2.96. The average molecular weight is 503 g/mol. The Kier molecular flexibility index (Phi) is 5.57. The van der Waals surface area contributed by atoms with Crippen LogP contribution in [0.15, 0.2) is 89.5 Å². The highest BCUT2D eigenvalue weighted by molar-refractivity contribution is 9.10. The number of nitrogens with zero attached hydrogens (tertiary/aromatic N) is 3. The van der Waals surface area contributed by atoms with Crippen LogP contribution in [0.3, 0.4) is 0 Å². The SMILES string of the molecule is Cc1cc([C@@H]2[C@@H](c3ccccn3)NC(=S)N2c2ccccc2)c(C)n1-c1cccc(Br)c1. The number of aromatic nitrogens is 2. The molecule has 0 aliphatic carbocycles. The number of para-hydroxylation sites is 1. The van der Waals surface area contributed by atoms with Crippen molar-refractivity contribution >= 4 is 38.9 Å². The van der Waals surface area contributed by atoms with E-state index >= 15 is 0 Å². The summed E-state index contributed by atoms with van der Waals surface area (Å²) in [6, 6.07) is 27.0.